The third kappa shape index (κ3) is 2.64. The van der Waals surface area contributed by atoms with E-state index in [1.54, 1.807) is 0 Å². The molecular weight excluding hydrogens is 199 g/mol. The van der Waals surface area contributed by atoms with Crippen LogP contribution in [0.4, 0.5) is 0 Å². The third-order valence-electron chi connectivity index (χ3n) is 0.733. The van der Waals surface area contributed by atoms with E-state index >= 15 is 0 Å². The van der Waals surface area contributed by atoms with Crippen LogP contribution < -0.4 is 0 Å². The van der Waals surface area contributed by atoms with E-state index in [-0.39, 0.29) is 26.2 Å². The molecule has 0 aromatic heterocycles. The predicted molar refractivity (Wildman–Crippen MR) is 31.5 cm³/mol. The normalized spacial score (nSPS) is 7.62. The molecule has 0 nitrogen and oxygen atoms in total. The van der Waals surface area contributed by atoms with Crippen LogP contribution in [-0.2, 0) is 26.2 Å². The molecule has 0 saturated carbocycles. The molecule has 0 aliphatic heterocycles. The Morgan fingerprint density at radius 3 is 1.75 bits per heavy atom. The predicted octanol–water partition coefficient (Wildman–Crippen LogP) is 2.34. The molecule has 0 aliphatic carbocycles. The summed E-state index contributed by atoms with van der Waals surface area (Å²) in [5, 5.41) is 0.794. The number of halogens is 1. The molecule has 0 unspecified atom stereocenters. The maximum atomic E-state index is 5.54. The summed E-state index contributed by atoms with van der Waals surface area (Å²) in [6.45, 7) is 0. The maximum absolute atomic E-state index is 5.54. The molecule has 0 N–H and O–H groups in total. The number of benzene rings is 1. The van der Waals surface area contributed by atoms with Gasteiger partial charge in [-0.05, 0) is 12.1 Å². The molecule has 0 bridgehead atoms. The molecule has 2 heteroatoms. The summed E-state index contributed by atoms with van der Waals surface area (Å²) in [6, 6.07) is 9.44. The van der Waals surface area contributed by atoms with Crippen molar-refractivity contribution < 1.29 is 26.2 Å². The fourth-order valence-corrected chi connectivity index (χ4v) is 0.560. The minimum atomic E-state index is 0. The zero-order chi connectivity index (χ0) is 5.11. The van der Waals surface area contributed by atoms with E-state index in [4.69, 9.17) is 11.6 Å². The van der Waals surface area contributed by atoms with Gasteiger partial charge in [-0.3, -0.25) is 0 Å². The van der Waals surface area contributed by atoms with Gasteiger partial charge in [-0.25, -0.2) is 0 Å². The van der Waals surface area contributed by atoms with Gasteiger partial charge in [-0.1, -0.05) is 29.8 Å². The molecule has 0 spiro atoms. The number of rotatable bonds is 0. The molecule has 1 rings (SSSR count). The first-order valence-electron chi connectivity index (χ1n) is 2.10. The Kier molecular flexibility index (Phi) is 4.50. The van der Waals surface area contributed by atoms with Crippen LogP contribution in [-0.4, -0.2) is 0 Å². The van der Waals surface area contributed by atoms with E-state index in [1.807, 2.05) is 30.3 Å². The van der Waals surface area contributed by atoms with Gasteiger partial charge in [0, 0.05) is 5.02 Å². The van der Waals surface area contributed by atoms with Crippen LogP contribution >= 0.6 is 11.6 Å². The molecule has 8 heavy (non-hydrogen) atoms. The second-order valence-corrected chi connectivity index (χ2v) is 1.73. The van der Waals surface area contributed by atoms with Crippen LogP contribution in [0.2, 0.25) is 5.02 Å². The SMILES string of the molecule is Clc1ccccc1.[Zr+2]. The van der Waals surface area contributed by atoms with Gasteiger partial charge >= 0.3 is 26.2 Å². The van der Waals surface area contributed by atoms with Gasteiger partial charge in [0.05, 0.1) is 0 Å². The topological polar surface area (TPSA) is 0 Å². The summed E-state index contributed by atoms with van der Waals surface area (Å²) in [7, 11) is 0. The molecule has 0 aliphatic rings. The quantitative estimate of drug-likeness (QED) is 0.608. The summed E-state index contributed by atoms with van der Waals surface area (Å²) in [6.07, 6.45) is 0. The van der Waals surface area contributed by atoms with Gasteiger partial charge in [-0.2, -0.15) is 0 Å². The fourth-order valence-electron chi connectivity index (χ4n) is 0.415. The zero-order valence-electron chi connectivity index (χ0n) is 4.26. The third-order valence-corrected chi connectivity index (χ3v) is 0.985. The standard InChI is InChI=1S/C6H5Cl.Zr/c7-6-4-2-1-3-5-6;/h1-5H;/q;+2. The molecule has 1 aromatic carbocycles. The van der Waals surface area contributed by atoms with E-state index in [2.05, 4.69) is 0 Å². The van der Waals surface area contributed by atoms with Crippen molar-refractivity contribution >= 4 is 11.6 Å². The van der Waals surface area contributed by atoms with Gasteiger partial charge in [0.15, 0.2) is 0 Å². The Labute approximate surface area is 73.0 Å². The molecular formula is C6H5ClZr+2. The van der Waals surface area contributed by atoms with E-state index in [9.17, 15) is 0 Å². The number of hydrogen-bond acceptors (Lipinski definition) is 0. The van der Waals surface area contributed by atoms with Crippen LogP contribution in [0.3, 0.4) is 0 Å². The van der Waals surface area contributed by atoms with E-state index in [0.29, 0.717) is 0 Å². The molecule has 38 valence electrons. The monoisotopic (exact) mass is 202 g/mol. The summed E-state index contributed by atoms with van der Waals surface area (Å²) < 4.78 is 0. The Balaban J connectivity index is 0.000000490. The van der Waals surface area contributed by atoms with E-state index in [1.165, 1.54) is 0 Å². The average molecular weight is 204 g/mol. The van der Waals surface area contributed by atoms with Crippen LogP contribution in [0.15, 0.2) is 30.3 Å². The van der Waals surface area contributed by atoms with Crippen LogP contribution in [0.5, 0.6) is 0 Å². The summed E-state index contributed by atoms with van der Waals surface area (Å²) in [5.41, 5.74) is 0. The first kappa shape index (κ1) is 8.39. The van der Waals surface area contributed by atoms with Crippen LogP contribution in [0.1, 0.15) is 0 Å². The first-order valence-corrected chi connectivity index (χ1v) is 2.48. The molecule has 0 atom stereocenters. The Bertz CT molecular complexity index is 138. The van der Waals surface area contributed by atoms with E-state index < -0.39 is 0 Å². The Morgan fingerprint density at radius 1 is 1.00 bits per heavy atom. The maximum Gasteiger partial charge on any atom is 2.00 e. The van der Waals surface area contributed by atoms with Crippen molar-refractivity contribution in [3.05, 3.63) is 35.4 Å². The van der Waals surface area contributed by atoms with Crippen molar-refractivity contribution in [2.24, 2.45) is 0 Å². The second kappa shape index (κ2) is 4.29. The van der Waals surface area contributed by atoms with Crippen molar-refractivity contribution in [1.29, 1.82) is 0 Å². The van der Waals surface area contributed by atoms with Crippen molar-refractivity contribution in [3.63, 3.8) is 0 Å². The minimum Gasteiger partial charge on any atom is -0.0843 e. The fraction of sp³-hybridized carbons (Fsp3) is 0. The summed E-state index contributed by atoms with van der Waals surface area (Å²) in [4.78, 5) is 0. The van der Waals surface area contributed by atoms with Gasteiger partial charge in [0.25, 0.3) is 0 Å². The molecule has 0 amide bonds. The van der Waals surface area contributed by atoms with Gasteiger partial charge in [-0.15, -0.1) is 0 Å². The zero-order valence-corrected chi connectivity index (χ0v) is 7.48. The molecule has 1 aromatic rings. The largest absolute Gasteiger partial charge is 2.00 e. The van der Waals surface area contributed by atoms with Crippen molar-refractivity contribution in [2.45, 2.75) is 0 Å². The van der Waals surface area contributed by atoms with Gasteiger partial charge in [0.2, 0.25) is 0 Å². The molecule has 0 saturated heterocycles. The van der Waals surface area contributed by atoms with E-state index in [0.717, 1.165) is 5.02 Å². The smallest absolute Gasteiger partial charge is 0.0843 e. The molecule has 0 radical (unpaired) electrons. The van der Waals surface area contributed by atoms with Crippen LogP contribution in [0, 0.1) is 0 Å². The van der Waals surface area contributed by atoms with Crippen molar-refractivity contribution in [1.82, 2.24) is 0 Å². The second-order valence-electron chi connectivity index (χ2n) is 1.30. The van der Waals surface area contributed by atoms with Gasteiger partial charge < -0.3 is 0 Å². The Hall–Kier alpha value is 0.393. The molecule has 0 heterocycles. The van der Waals surface area contributed by atoms with Gasteiger partial charge in [0.1, 0.15) is 0 Å². The first-order chi connectivity index (χ1) is 3.39. The van der Waals surface area contributed by atoms with Crippen molar-refractivity contribution in [3.8, 4) is 0 Å². The summed E-state index contributed by atoms with van der Waals surface area (Å²) in [5.74, 6) is 0. The van der Waals surface area contributed by atoms with Crippen LogP contribution in [0.25, 0.3) is 0 Å². The summed E-state index contributed by atoms with van der Waals surface area (Å²) >= 11 is 5.54. The van der Waals surface area contributed by atoms with Crippen molar-refractivity contribution in [2.75, 3.05) is 0 Å². The Morgan fingerprint density at radius 2 is 1.50 bits per heavy atom. The number of hydrogen-bond donors (Lipinski definition) is 0. The minimum absolute atomic E-state index is 0. The molecule has 0 fully saturated rings. The average Bonchev–Trinajstić information content (AvgIpc) is 1.69.